The van der Waals surface area contributed by atoms with Crippen molar-refractivity contribution in [2.45, 2.75) is 31.7 Å². The summed E-state index contributed by atoms with van der Waals surface area (Å²) in [5.41, 5.74) is -0.0558. The van der Waals surface area contributed by atoms with Gasteiger partial charge in [-0.15, -0.1) is 0 Å². The largest absolute Gasteiger partial charge is 0.340 e. The summed E-state index contributed by atoms with van der Waals surface area (Å²) in [6, 6.07) is 0.607. The Labute approximate surface area is 117 Å². The van der Waals surface area contributed by atoms with Crippen molar-refractivity contribution in [3.8, 4) is 0 Å². The molecule has 1 N–H and O–H groups in total. The van der Waals surface area contributed by atoms with Crippen LogP contribution in [0.15, 0.2) is 12.4 Å². The van der Waals surface area contributed by atoms with Crippen LogP contribution in [-0.2, 0) is 0 Å². The van der Waals surface area contributed by atoms with E-state index in [-0.39, 0.29) is 5.69 Å². The van der Waals surface area contributed by atoms with Gasteiger partial charge in [0.15, 0.2) is 0 Å². The minimum Gasteiger partial charge on any atom is -0.340 e. The van der Waals surface area contributed by atoms with E-state index in [1.807, 2.05) is 0 Å². The summed E-state index contributed by atoms with van der Waals surface area (Å²) in [7, 11) is 0. The van der Waals surface area contributed by atoms with Gasteiger partial charge in [-0.1, -0.05) is 0 Å². The van der Waals surface area contributed by atoms with E-state index in [9.17, 15) is 10.1 Å². The van der Waals surface area contributed by atoms with E-state index < -0.39 is 4.92 Å². The van der Waals surface area contributed by atoms with Gasteiger partial charge in [0.2, 0.25) is 5.95 Å². The van der Waals surface area contributed by atoms with Gasteiger partial charge in [-0.2, -0.15) is 0 Å². The zero-order valence-electron chi connectivity index (χ0n) is 11.4. The fourth-order valence-corrected chi connectivity index (χ4v) is 3.21. The van der Waals surface area contributed by atoms with Gasteiger partial charge in [-0.05, 0) is 38.1 Å². The number of nitrogens with zero attached hydrogens (tertiary/aromatic N) is 4. The first-order chi connectivity index (χ1) is 9.74. The molecule has 0 amide bonds. The lowest BCUT2D eigenvalue weighted by Gasteiger charge is -2.35. The van der Waals surface area contributed by atoms with Crippen LogP contribution >= 0.6 is 0 Å². The Kier molecular flexibility index (Phi) is 3.77. The summed E-state index contributed by atoms with van der Waals surface area (Å²) < 4.78 is 0. The second-order valence-corrected chi connectivity index (χ2v) is 5.55. The summed E-state index contributed by atoms with van der Waals surface area (Å²) in [5, 5.41) is 14.2. The molecule has 0 saturated carbocycles. The lowest BCUT2D eigenvalue weighted by Crippen LogP contribution is -2.44. The molecule has 2 aliphatic heterocycles. The Morgan fingerprint density at radius 1 is 1.30 bits per heavy atom. The minimum atomic E-state index is -0.467. The van der Waals surface area contributed by atoms with Gasteiger partial charge in [0.25, 0.3) is 0 Å². The van der Waals surface area contributed by atoms with Crippen molar-refractivity contribution in [3.63, 3.8) is 0 Å². The molecular weight excluding hydrogens is 258 g/mol. The molecule has 3 rings (SSSR count). The maximum absolute atomic E-state index is 10.6. The molecule has 0 aromatic carbocycles. The van der Waals surface area contributed by atoms with Crippen molar-refractivity contribution in [3.05, 3.63) is 22.5 Å². The zero-order chi connectivity index (χ0) is 13.9. The molecule has 0 bridgehead atoms. The summed E-state index contributed by atoms with van der Waals surface area (Å²) >= 11 is 0. The fourth-order valence-electron chi connectivity index (χ4n) is 3.21. The molecule has 0 radical (unpaired) electrons. The van der Waals surface area contributed by atoms with Crippen LogP contribution in [0.5, 0.6) is 0 Å². The van der Waals surface area contributed by atoms with Crippen LogP contribution < -0.4 is 10.2 Å². The Morgan fingerprint density at radius 3 is 2.75 bits per heavy atom. The van der Waals surface area contributed by atoms with Crippen molar-refractivity contribution >= 4 is 11.6 Å². The number of anilines is 1. The molecule has 2 fully saturated rings. The predicted molar refractivity (Wildman–Crippen MR) is 74.6 cm³/mol. The highest BCUT2D eigenvalue weighted by Crippen LogP contribution is 2.26. The van der Waals surface area contributed by atoms with Gasteiger partial charge in [-0.25, -0.2) is 9.97 Å². The van der Waals surface area contributed by atoms with E-state index in [4.69, 9.17) is 0 Å². The van der Waals surface area contributed by atoms with Crippen molar-refractivity contribution in [1.82, 2.24) is 15.3 Å². The highest BCUT2D eigenvalue weighted by atomic mass is 16.6. The van der Waals surface area contributed by atoms with Crippen LogP contribution in [0.3, 0.4) is 0 Å². The standard InChI is InChI=1S/C13H19N5O2/c19-18(20)11-7-15-13(16-8-11)17-6-2-3-10(9-17)12-4-1-5-14-12/h7-8,10,12,14H,1-6,9H2. The summed E-state index contributed by atoms with van der Waals surface area (Å²) in [4.78, 5) is 20.6. The van der Waals surface area contributed by atoms with Crippen LogP contribution in [0.4, 0.5) is 11.6 Å². The molecule has 2 saturated heterocycles. The van der Waals surface area contributed by atoms with Crippen molar-refractivity contribution < 1.29 is 4.92 Å². The monoisotopic (exact) mass is 277 g/mol. The van der Waals surface area contributed by atoms with Gasteiger partial charge in [0, 0.05) is 19.1 Å². The Morgan fingerprint density at radius 2 is 2.10 bits per heavy atom. The quantitative estimate of drug-likeness (QED) is 0.663. The van der Waals surface area contributed by atoms with E-state index >= 15 is 0 Å². The van der Waals surface area contributed by atoms with Gasteiger partial charge < -0.3 is 10.2 Å². The number of hydrogen-bond donors (Lipinski definition) is 1. The molecule has 3 heterocycles. The van der Waals surface area contributed by atoms with Crippen molar-refractivity contribution in [1.29, 1.82) is 0 Å². The first kappa shape index (κ1) is 13.2. The third-order valence-electron chi connectivity index (χ3n) is 4.24. The van der Waals surface area contributed by atoms with E-state index in [0.717, 1.165) is 26.1 Å². The normalized spacial score (nSPS) is 26.7. The zero-order valence-corrected chi connectivity index (χ0v) is 11.4. The van der Waals surface area contributed by atoms with E-state index in [2.05, 4.69) is 20.2 Å². The van der Waals surface area contributed by atoms with Gasteiger partial charge in [-0.3, -0.25) is 10.1 Å². The molecule has 108 valence electrons. The van der Waals surface area contributed by atoms with Crippen LogP contribution in [0.2, 0.25) is 0 Å². The van der Waals surface area contributed by atoms with Crippen LogP contribution in [0.25, 0.3) is 0 Å². The Bertz CT molecular complexity index is 472. The van der Waals surface area contributed by atoms with Crippen LogP contribution in [0.1, 0.15) is 25.7 Å². The number of nitrogens with one attached hydrogen (secondary N) is 1. The van der Waals surface area contributed by atoms with E-state index in [1.165, 1.54) is 31.7 Å². The van der Waals surface area contributed by atoms with Crippen LogP contribution in [-0.4, -0.2) is 40.6 Å². The predicted octanol–water partition coefficient (Wildman–Crippen LogP) is 1.35. The number of piperidine rings is 1. The number of rotatable bonds is 3. The van der Waals surface area contributed by atoms with Gasteiger partial charge in [0.05, 0.1) is 4.92 Å². The molecule has 2 aliphatic rings. The average Bonchev–Trinajstić information content (AvgIpc) is 3.02. The van der Waals surface area contributed by atoms with Gasteiger partial charge >= 0.3 is 5.69 Å². The minimum absolute atomic E-state index is 0.0558. The Hall–Kier alpha value is -1.76. The third-order valence-corrected chi connectivity index (χ3v) is 4.24. The highest BCUT2D eigenvalue weighted by Gasteiger charge is 2.30. The first-order valence-corrected chi connectivity index (χ1v) is 7.19. The SMILES string of the molecule is O=[N+]([O-])c1cnc(N2CCCC(C3CCCN3)C2)nc1. The highest BCUT2D eigenvalue weighted by molar-refractivity contribution is 5.34. The maximum atomic E-state index is 10.6. The van der Waals surface area contributed by atoms with Crippen molar-refractivity contribution in [2.75, 3.05) is 24.5 Å². The third kappa shape index (κ3) is 2.72. The van der Waals surface area contributed by atoms with E-state index in [0.29, 0.717) is 17.9 Å². The molecule has 7 heteroatoms. The topological polar surface area (TPSA) is 84.2 Å². The molecular formula is C13H19N5O2. The lowest BCUT2D eigenvalue weighted by molar-refractivity contribution is -0.385. The second kappa shape index (κ2) is 5.70. The Balaban J connectivity index is 1.68. The molecule has 1 aromatic heterocycles. The number of aromatic nitrogens is 2. The molecule has 7 nitrogen and oxygen atoms in total. The lowest BCUT2D eigenvalue weighted by atomic mass is 9.90. The molecule has 2 atom stereocenters. The van der Waals surface area contributed by atoms with Gasteiger partial charge in [0.1, 0.15) is 12.4 Å². The maximum Gasteiger partial charge on any atom is 0.305 e. The van der Waals surface area contributed by atoms with Crippen molar-refractivity contribution in [2.24, 2.45) is 5.92 Å². The summed E-state index contributed by atoms with van der Waals surface area (Å²) in [6.07, 6.45) is 7.46. The molecule has 20 heavy (non-hydrogen) atoms. The second-order valence-electron chi connectivity index (χ2n) is 5.55. The summed E-state index contributed by atoms with van der Waals surface area (Å²) in [6.45, 7) is 2.99. The summed E-state index contributed by atoms with van der Waals surface area (Å²) in [5.74, 6) is 1.24. The average molecular weight is 277 g/mol. The van der Waals surface area contributed by atoms with Crippen LogP contribution in [0, 0.1) is 16.0 Å². The molecule has 1 aromatic rings. The molecule has 0 spiro atoms. The number of hydrogen-bond acceptors (Lipinski definition) is 6. The fraction of sp³-hybridized carbons (Fsp3) is 0.692. The smallest absolute Gasteiger partial charge is 0.305 e. The molecule has 0 aliphatic carbocycles. The first-order valence-electron chi connectivity index (χ1n) is 7.19. The number of nitro groups is 1. The molecule has 2 unspecified atom stereocenters. The van der Waals surface area contributed by atoms with E-state index in [1.54, 1.807) is 0 Å².